The number of hydrogen-bond acceptors (Lipinski definition) is 4. The smallest absolute Gasteiger partial charge is 0.352 e. The molecular weight excluding hydrogens is 418 g/mol. The van der Waals surface area contributed by atoms with Crippen LogP contribution in [0.5, 0.6) is 5.75 Å². The summed E-state index contributed by atoms with van der Waals surface area (Å²) < 4.78 is 16.9. The summed E-state index contributed by atoms with van der Waals surface area (Å²) in [5.41, 5.74) is 0.550. The fraction of sp³-hybridized carbons (Fsp3) is 0.118. The average molecular weight is 433 g/mol. The van der Waals surface area contributed by atoms with Crippen LogP contribution in [0.3, 0.4) is 0 Å². The predicted octanol–water partition coefficient (Wildman–Crippen LogP) is 4.13. The minimum absolute atomic E-state index is 0.0329. The number of benzene rings is 2. The van der Waals surface area contributed by atoms with E-state index in [9.17, 15) is 24.3 Å². The Morgan fingerprint density at radius 2 is 1.78 bits per heavy atom. The van der Waals surface area contributed by atoms with Gasteiger partial charge in [0, 0.05) is 12.0 Å². The van der Waals surface area contributed by atoms with E-state index in [4.69, 9.17) is 33.0 Å². The Kier molecular flexibility index (Phi) is 6.92. The Labute approximate surface area is 164 Å². The fourth-order valence-corrected chi connectivity index (χ4v) is 3.44. The van der Waals surface area contributed by atoms with Gasteiger partial charge in [-0.2, -0.15) is 0 Å². The number of phenolic OH excluding ortho intramolecular Hbond substituents is 1. The highest BCUT2D eigenvalue weighted by Gasteiger charge is 2.19. The number of aromatic carboxylic acids is 1. The second-order valence-corrected chi connectivity index (χ2v) is 7.72. The van der Waals surface area contributed by atoms with Crippen molar-refractivity contribution in [2.24, 2.45) is 0 Å². The maximum Gasteiger partial charge on any atom is 0.352 e. The summed E-state index contributed by atoms with van der Waals surface area (Å²) in [6, 6.07) is 8.86. The molecule has 0 aromatic heterocycles. The van der Waals surface area contributed by atoms with E-state index in [0.29, 0.717) is 12.2 Å². The van der Waals surface area contributed by atoms with Gasteiger partial charge < -0.3 is 24.7 Å². The van der Waals surface area contributed by atoms with Crippen LogP contribution >= 0.6 is 30.8 Å². The molecule has 0 aliphatic heterocycles. The molecule has 4 N–H and O–H groups in total. The first-order valence-electron chi connectivity index (χ1n) is 7.48. The van der Waals surface area contributed by atoms with Gasteiger partial charge in [-0.3, -0.25) is 4.57 Å². The Morgan fingerprint density at radius 1 is 1.15 bits per heavy atom. The molecule has 2 aromatic carbocycles. The highest BCUT2D eigenvalue weighted by atomic mass is 35.5. The van der Waals surface area contributed by atoms with Crippen molar-refractivity contribution in [2.75, 3.05) is 6.61 Å². The van der Waals surface area contributed by atoms with Gasteiger partial charge in [0.05, 0.1) is 28.0 Å². The molecule has 0 unspecified atom stereocenters. The van der Waals surface area contributed by atoms with Crippen LogP contribution in [-0.2, 0) is 15.7 Å². The zero-order valence-electron chi connectivity index (χ0n) is 13.7. The number of phenols is 1. The number of halogens is 2. The second-order valence-electron chi connectivity index (χ2n) is 5.47. The molecule has 0 heterocycles. The number of carboxylic acid groups (broad SMARTS) is 1. The Bertz CT molecular complexity index is 914. The Hall–Kier alpha value is -2.02. The van der Waals surface area contributed by atoms with Crippen LogP contribution in [0.25, 0.3) is 5.76 Å². The van der Waals surface area contributed by atoms with Crippen LogP contribution < -0.4 is 0 Å². The molecule has 10 heteroatoms. The van der Waals surface area contributed by atoms with E-state index < -0.39 is 13.6 Å². The molecular formula is C17H15Cl2O7P. The first-order valence-corrected chi connectivity index (χ1v) is 9.92. The highest BCUT2D eigenvalue weighted by molar-refractivity contribution is 7.55. The van der Waals surface area contributed by atoms with E-state index >= 15 is 0 Å². The van der Waals surface area contributed by atoms with Gasteiger partial charge in [-0.05, 0) is 29.8 Å². The third kappa shape index (κ3) is 6.27. The summed E-state index contributed by atoms with van der Waals surface area (Å²) in [4.78, 5) is 29.6. The number of rotatable bonds is 7. The van der Waals surface area contributed by atoms with Crippen molar-refractivity contribution in [1.29, 1.82) is 0 Å². The van der Waals surface area contributed by atoms with Crippen molar-refractivity contribution in [3.8, 4) is 5.75 Å². The van der Waals surface area contributed by atoms with Gasteiger partial charge in [0.1, 0.15) is 11.5 Å². The normalized spacial score (nSPS) is 12.1. The van der Waals surface area contributed by atoms with Crippen LogP contribution in [0.15, 0.2) is 42.2 Å². The number of ether oxygens (including phenoxy) is 1. The summed E-state index contributed by atoms with van der Waals surface area (Å²) >= 11 is 11.8. The van der Waals surface area contributed by atoms with E-state index in [1.54, 1.807) is 12.1 Å². The number of aromatic hydroxyl groups is 1. The molecule has 0 spiro atoms. The fourth-order valence-electron chi connectivity index (χ4n) is 2.26. The molecule has 0 atom stereocenters. The van der Waals surface area contributed by atoms with Crippen LogP contribution in [0.4, 0.5) is 0 Å². The lowest BCUT2D eigenvalue weighted by Crippen LogP contribution is -2.02. The Balaban J connectivity index is 2.29. The predicted molar refractivity (Wildman–Crippen MR) is 101 cm³/mol. The van der Waals surface area contributed by atoms with Crippen molar-refractivity contribution in [3.05, 3.63) is 69.0 Å². The summed E-state index contributed by atoms with van der Waals surface area (Å²) in [5.74, 6) is -0.829. The zero-order valence-corrected chi connectivity index (χ0v) is 16.1. The van der Waals surface area contributed by atoms with Gasteiger partial charge in [0.15, 0.2) is 0 Å². The molecule has 0 radical (unpaired) electrons. The van der Waals surface area contributed by atoms with Gasteiger partial charge in [0.2, 0.25) is 0 Å². The molecule has 7 nitrogen and oxygen atoms in total. The molecule has 0 aliphatic carbocycles. The van der Waals surface area contributed by atoms with Gasteiger partial charge >= 0.3 is 13.6 Å². The third-order valence-electron chi connectivity index (χ3n) is 3.38. The molecule has 144 valence electrons. The minimum atomic E-state index is -4.60. The molecule has 2 rings (SSSR count). The maximum absolute atomic E-state index is 11.4. The molecule has 0 bridgehead atoms. The van der Waals surface area contributed by atoms with Crippen molar-refractivity contribution >= 4 is 42.5 Å². The number of carboxylic acids is 1. The van der Waals surface area contributed by atoms with Gasteiger partial charge in [-0.1, -0.05) is 35.3 Å². The largest absolute Gasteiger partial charge is 0.508 e. The van der Waals surface area contributed by atoms with E-state index in [1.165, 1.54) is 24.3 Å². The van der Waals surface area contributed by atoms with E-state index in [0.717, 1.165) is 5.56 Å². The van der Waals surface area contributed by atoms with Gasteiger partial charge in [-0.25, -0.2) is 4.79 Å². The Morgan fingerprint density at radius 3 is 2.30 bits per heavy atom. The van der Waals surface area contributed by atoms with Crippen molar-refractivity contribution in [1.82, 2.24) is 0 Å². The van der Waals surface area contributed by atoms with Crippen LogP contribution in [0, 0.1) is 0 Å². The van der Waals surface area contributed by atoms with E-state index in [2.05, 4.69) is 0 Å². The molecule has 0 aliphatic rings. The summed E-state index contributed by atoms with van der Waals surface area (Å²) in [6.45, 7) is 0.0329. The molecule has 2 aromatic rings. The first-order chi connectivity index (χ1) is 12.6. The summed E-state index contributed by atoms with van der Waals surface area (Å²) in [7, 11) is -4.60. The lowest BCUT2D eigenvalue weighted by molar-refractivity contribution is 0.0697. The molecule has 0 saturated carbocycles. The van der Waals surface area contributed by atoms with E-state index in [1.807, 2.05) is 0 Å². The van der Waals surface area contributed by atoms with Crippen molar-refractivity contribution in [2.45, 2.75) is 6.42 Å². The van der Waals surface area contributed by atoms with Crippen LogP contribution in [0.1, 0.15) is 21.5 Å². The molecule has 0 amide bonds. The SMILES string of the molecule is O=C(O)c1c(Cl)cc(/C(=C\P(=O)(O)O)OCCc2cccc(O)c2)cc1Cl. The average Bonchev–Trinajstić information content (AvgIpc) is 2.51. The van der Waals surface area contributed by atoms with Gasteiger partial charge in [0.25, 0.3) is 0 Å². The van der Waals surface area contributed by atoms with Gasteiger partial charge in [-0.15, -0.1) is 0 Å². The monoisotopic (exact) mass is 432 g/mol. The maximum atomic E-state index is 11.4. The minimum Gasteiger partial charge on any atom is -0.508 e. The summed E-state index contributed by atoms with van der Waals surface area (Å²) in [5, 5.41) is 18.2. The standard InChI is InChI=1S/C17H15Cl2O7P/c18-13-7-11(8-14(19)16(13)17(21)22)15(9-27(23,24)25)26-5-4-10-2-1-3-12(20)6-10/h1-3,6-9,20H,4-5H2,(H,21,22)(H2,23,24,25)/b15-9+. The van der Waals surface area contributed by atoms with Crippen molar-refractivity contribution < 1.29 is 34.1 Å². The zero-order chi connectivity index (χ0) is 20.2. The third-order valence-corrected chi connectivity index (χ3v) is 4.55. The molecule has 27 heavy (non-hydrogen) atoms. The number of carbonyl (C=O) groups is 1. The first kappa shape index (κ1) is 21.3. The lowest BCUT2D eigenvalue weighted by atomic mass is 10.1. The molecule has 0 fully saturated rings. The summed E-state index contributed by atoms with van der Waals surface area (Å²) in [6.07, 6.45) is 0.349. The topological polar surface area (TPSA) is 124 Å². The van der Waals surface area contributed by atoms with Crippen LogP contribution in [0.2, 0.25) is 10.0 Å². The van der Waals surface area contributed by atoms with Crippen LogP contribution in [-0.4, -0.2) is 32.6 Å². The molecule has 0 saturated heterocycles. The lowest BCUT2D eigenvalue weighted by Gasteiger charge is -2.14. The highest BCUT2D eigenvalue weighted by Crippen LogP contribution is 2.41. The second kappa shape index (κ2) is 8.78. The number of hydrogen-bond donors (Lipinski definition) is 4. The quantitative estimate of drug-likeness (QED) is 0.382. The van der Waals surface area contributed by atoms with Crippen molar-refractivity contribution in [3.63, 3.8) is 0 Å². The van der Waals surface area contributed by atoms with E-state index in [-0.39, 0.29) is 39.3 Å².